The number of nitrogens with zero attached hydrogens (tertiary/aromatic N) is 2. The Labute approximate surface area is 150 Å². The van der Waals surface area contributed by atoms with E-state index in [4.69, 9.17) is 0 Å². The first-order valence-corrected chi connectivity index (χ1v) is 8.51. The van der Waals surface area contributed by atoms with E-state index in [2.05, 4.69) is 10.3 Å². The monoisotopic (exact) mass is 353 g/mol. The van der Waals surface area contributed by atoms with Gasteiger partial charge in [-0.05, 0) is 43.5 Å². The molecule has 0 aliphatic rings. The highest BCUT2D eigenvalue weighted by molar-refractivity contribution is 5.79. The van der Waals surface area contributed by atoms with Crippen molar-refractivity contribution >= 4 is 16.8 Å². The summed E-state index contributed by atoms with van der Waals surface area (Å²) >= 11 is 0. The lowest BCUT2D eigenvalue weighted by Gasteiger charge is -2.14. The van der Waals surface area contributed by atoms with Crippen molar-refractivity contribution in [3.8, 4) is 0 Å². The van der Waals surface area contributed by atoms with Gasteiger partial charge in [-0.1, -0.05) is 30.3 Å². The molecule has 26 heavy (non-hydrogen) atoms. The van der Waals surface area contributed by atoms with Crippen LogP contribution >= 0.6 is 0 Å². The van der Waals surface area contributed by atoms with Crippen molar-refractivity contribution < 1.29 is 9.18 Å². The van der Waals surface area contributed by atoms with E-state index in [0.29, 0.717) is 5.52 Å². The molecule has 3 rings (SSSR count). The van der Waals surface area contributed by atoms with E-state index in [1.165, 1.54) is 28.6 Å². The SMILES string of the molecule is CC(CCc1ccccc1)NC(=O)Cn1cnc2ccc(F)cc2c1=O. The molecule has 1 N–H and O–H groups in total. The summed E-state index contributed by atoms with van der Waals surface area (Å²) in [4.78, 5) is 28.7. The number of halogens is 1. The van der Waals surface area contributed by atoms with Crippen molar-refractivity contribution in [1.82, 2.24) is 14.9 Å². The van der Waals surface area contributed by atoms with Crippen LogP contribution in [0, 0.1) is 5.82 Å². The van der Waals surface area contributed by atoms with Crippen molar-refractivity contribution in [2.75, 3.05) is 0 Å². The molecular formula is C20H20FN3O2. The van der Waals surface area contributed by atoms with Crippen LogP contribution in [0.5, 0.6) is 0 Å². The van der Waals surface area contributed by atoms with E-state index in [-0.39, 0.29) is 23.9 Å². The highest BCUT2D eigenvalue weighted by Crippen LogP contribution is 2.08. The van der Waals surface area contributed by atoms with Crippen molar-refractivity contribution in [1.29, 1.82) is 0 Å². The van der Waals surface area contributed by atoms with Crippen LogP contribution in [0.3, 0.4) is 0 Å². The Kier molecular flexibility index (Phi) is 5.41. The molecule has 3 aromatic rings. The van der Waals surface area contributed by atoms with Gasteiger partial charge in [-0.2, -0.15) is 0 Å². The maximum Gasteiger partial charge on any atom is 0.261 e. The number of nitrogens with one attached hydrogen (secondary N) is 1. The summed E-state index contributed by atoms with van der Waals surface area (Å²) in [5.41, 5.74) is 1.19. The van der Waals surface area contributed by atoms with E-state index >= 15 is 0 Å². The van der Waals surface area contributed by atoms with Gasteiger partial charge in [-0.25, -0.2) is 9.37 Å². The number of hydrogen-bond acceptors (Lipinski definition) is 3. The third-order valence-electron chi connectivity index (χ3n) is 4.22. The summed E-state index contributed by atoms with van der Waals surface area (Å²) < 4.78 is 14.5. The average molecular weight is 353 g/mol. The molecule has 2 aromatic carbocycles. The lowest BCUT2D eigenvalue weighted by atomic mass is 10.1. The average Bonchev–Trinajstić information content (AvgIpc) is 2.63. The summed E-state index contributed by atoms with van der Waals surface area (Å²) in [7, 11) is 0. The Balaban J connectivity index is 1.62. The van der Waals surface area contributed by atoms with Gasteiger partial charge in [0.2, 0.25) is 5.91 Å². The molecule has 1 unspecified atom stereocenters. The molecule has 0 saturated heterocycles. The van der Waals surface area contributed by atoms with E-state index in [9.17, 15) is 14.0 Å². The fourth-order valence-corrected chi connectivity index (χ4v) is 2.82. The third-order valence-corrected chi connectivity index (χ3v) is 4.22. The number of carbonyl (C=O) groups is 1. The van der Waals surface area contributed by atoms with Crippen LogP contribution in [-0.2, 0) is 17.8 Å². The zero-order valence-corrected chi connectivity index (χ0v) is 14.5. The van der Waals surface area contributed by atoms with Crippen LogP contribution in [0.2, 0.25) is 0 Å². The lowest BCUT2D eigenvalue weighted by molar-refractivity contribution is -0.122. The maximum absolute atomic E-state index is 13.4. The molecule has 1 heterocycles. The van der Waals surface area contributed by atoms with Crippen molar-refractivity contribution in [2.24, 2.45) is 0 Å². The predicted molar refractivity (Wildman–Crippen MR) is 98.3 cm³/mol. The van der Waals surface area contributed by atoms with Gasteiger partial charge in [0.15, 0.2) is 0 Å². The van der Waals surface area contributed by atoms with E-state index < -0.39 is 11.4 Å². The molecule has 0 saturated carbocycles. The second-order valence-corrected chi connectivity index (χ2v) is 6.33. The van der Waals surface area contributed by atoms with Gasteiger partial charge >= 0.3 is 0 Å². The van der Waals surface area contributed by atoms with Crippen LogP contribution in [0.1, 0.15) is 18.9 Å². The minimum absolute atomic E-state index is 0.0238. The van der Waals surface area contributed by atoms with Crippen molar-refractivity contribution in [2.45, 2.75) is 32.4 Å². The molecule has 1 atom stereocenters. The molecule has 0 spiro atoms. The molecule has 0 fully saturated rings. The second-order valence-electron chi connectivity index (χ2n) is 6.33. The Bertz CT molecular complexity index is 970. The molecule has 0 radical (unpaired) electrons. The standard InChI is InChI=1S/C20H20FN3O2/c1-14(7-8-15-5-3-2-4-6-15)23-19(25)12-24-13-22-18-10-9-16(21)11-17(18)20(24)26/h2-6,9-11,13-14H,7-8,12H2,1H3,(H,23,25). The fourth-order valence-electron chi connectivity index (χ4n) is 2.82. The first-order chi connectivity index (χ1) is 12.5. The molecule has 0 aliphatic heterocycles. The summed E-state index contributed by atoms with van der Waals surface area (Å²) in [6.45, 7) is 1.78. The van der Waals surface area contributed by atoms with Crippen LogP contribution in [0.25, 0.3) is 10.9 Å². The first kappa shape index (κ1) is 17.8. The van der Waals surface area contributed by atoms with E-state index in [1.807, 2.05) is 37.3 Å². The number of hydrogen-bond donors (Lipinski definition) is 1. The zero-order chi connectivity index (χ0) is 18.5. The van der Waals surface area contributed by atoms with Gasteiger partial charge in [0, 0.05) is 6.04 Å². The molecule has 134 valence electrons. The second kappa shape index (κ2) is 7.91. The van der Waals surface area contributed by atoms with Gasteiger partial charge in [0.05, 0.1) is 17.2 Å². The lowest BCUT2D eigenvalue weighted by Crippen LogP contribution is -2.37. The Morgan fingerprint density at radius 1 is 1.23 bits per heavy atom. The Hall–Kier alpha value is -3.02. The molecule has 0 aliphatic carbocycles. The topological polar surface area (TPSA) is 64.0 Å². The van der Waals surface area contributed by atoms with E-state index in [1.54, 1.807) is 0 Å². The summed E-state index contributed by atoms with van der Waals surface area (Å²) in [6.07, 6.45) is 2.97. The predicted octanol–water partition coefficient (Wildman–Crippen LogP) is 2.67. The number of carbonyl (C=O) groups excluding carboxylic acids is 1. The fraction of sp³-hybridized carbons (Fsp3) is 0.250. The number of aryl methyl sites for hydroxylation is 1. The smallest absolute Gasteiger partial charge is 0.261 e. The maximum atomic E-state index is 13.4. The third kappa shape index (κ3) is 4.33. The quantitative estimate of drug-likeness (QED) is 0.741. The summed E-state index contributed by atoms with van der Waals surface area (Å²) in [5, 5.41) is 3.05. The van der Waals surface area contributed by atoms with Crippen LogP contribution in [-0.4, -0.2) is 21.5 Å². The molecule has 1 amide bonds. The van der Waals surface area contributed by atoms with Gasteiger partial charge < -0.3 is 5.32 Å². The number of amides is 1. The number of aromatic nitrogens is 2. The molecule has 0 bridgehead atoms. The normalized spacial score (nSPS) is 12.1. The van der Waals surface area contributed by atoms with E-state index in [0.717, 1.165) is 18.9 Å². The van der Waals surface area contributed by atoms with Gasteiger partial charge in [0.25, 0.3) is 5.56 Å². The Morgan fingerprint density at radius 2 is 2.00 bits per heavy atom. The Morgan fingerprint density at radius 3 is 2.77 bits per heavy atom. The largest absolute Gasteiger partial charge is 0.352 e. The van der Waals surface area contributed by atoms with Gasteiger partial charge in [-0.15, -0.1) is 0 Å². The van der Waals surface area contributed by atoms with Crippen LogP contribution in [0.15, 0.2) is 59.7 Å². The summed E-state index contributed by atoms with van der Waals surface area (Å²) in [6, 6.07) is 13.9. The number of rotatable bonds is 6. The number of fused-ring (bicyclic) bond motifs is 1. The van der Waals surface area contributed by atoms with Crippen molar-refractivity contribution in [3.63, 3.8) is 0 Å². The molecule has 1 aromatic heterocycles. The molecule has 5 nitrogen and oxygen atoms in total. The van der Waals surface area contributed by atoms with Crippen LogP contribution < -0.4 is 10.9 Å². The van der Waals surface area contributed by atoms with Gasteiger partial charge in [0.1, 0.15) is 12.4 Å². The number of benzene rings is 2. The highest BCUT2D eigenvalue weighted by atomic mass is 19.1. The molecular weight excluding hydrogens is 333 g/mol. The summed E-state index contributed by atoms with van der Waals surface area (Å²) in [5.74, 6) is -0.779. The van der Waals surface area contributed by atoms with Crippen LogP contribution in [0.4, 0.5) is 4.39 Å². The minimum Gasteiger partial charge on any atom is -0.352 e. The van der Waals surface area contributed by atoms with Gasteiger partial charge in [-0.3, -0.25) is 14.2 Å². The minimum atomic E-state index is -0.506. The molecule has 6 heteroatoms. The van der Waals surface area contributed by atoms with Crippen molar-refractivity contribution in [3.05, 3.63) is 76.6 Å². The first-order valence-electron chi connectivity index (χ1n) is 8.51. The zero-order valence-electron chi connectivity index (χ0n) is 14.5. The highest BCUT2D eigenvalue weighted by Gasteiger charge is 2.11.